The van der Waals surface area contributed by atoms with E-state index in [1.807, 2.05) is 12.4 Å². The molecule has 1 fully saturated rings. The molecule has 19 heavy (non-hydrogen) atoms. The largest absolute Gasteiger partial charge is 0.319 e. The van der Waals surface area contributed by atoms with E-state index < -0.39 is 0 Å². The highest BCUT2D eigenvalue weighted by Gasteiger charge is 2.53. The Hall–Kier alpha value is -0.890. The third kappa shape index (κ3) is 2.84. The minimum absolute atomic E-state index is 0.349. The summed E-state index contributed by atoms with van der Waals surface area (Å²) in [5.41, 5.74) is 2.42. The minimum Gasteiger partial charge on any atom is -0.319 e. The summed E-state index contributed by atoms with van der Waals surface area (Å²) in [5.74, 6) is 0. The van der Waals surface area contributed by atoms with Crippen molar-refractivity contribution in [2.75, 3.05) is 13.6 Å². The highest BCUT2D eigenvalue weighted by molar-refractivity contribution is 5.29. The van der Waals surface area contributed by atoms with Crippen molar-refractivity contribution in [2.24, 2.45) is 5.41 Å². The molecule has 1 aromatic rings. The number of aromatic nitrogens is 1. The molecule has 0 radical (unpaired) electrons. The second kappa shape index (κ2) is 6.04. The lowest BCUT2D eigenvalue weighted by atomic mass is 9.48. The molecule has 0 aromatic carbocycles. The maximum atomic E-state index is 4.17. The van der Waals surface area contributed by atoms with Crippen LogP contribution in [-0.2, 0) is 5.41 Å². The standard InChI is InChI=1S/C17H28N2/c1-4-8-16(9-5-2)12-17(13-16,14-18-3)15-6-10-19-11-7-15/h6-7,10-11,18H,4-5,8-9,12-14H2,1-3H3. The fourth-order valence-electron chi connectivity index (χ4n) is 4.40. The van der Waals surface area contributed by atoms with E-state index in [9.17, 15) is 0 Å². The van der Waals surface area contributed by atoms with Crippen molar-refractivity contribution in [2.45, 2.75) is 57.8 Å². The Morgan fingerprint density at radius 1 is 1.11 bits per heavy atom. The van der Waals surface area contributed by atoms with Crippen LogP contribution in [0.4, 0.5) is 0 Å². The topological polar surface area (TPSA) is 24.9 Å². The van der Waals surface area contributed by atoms with Crippen LogP contribution < -0.4 is 5.32 Å². The number of nitrogens with zero attached hydrogens (tertiary/aromatic N) is 1. The van der Waals surface area contributed by atoms with Gasteiger partial charge in [-0.15, -0.1) is 0 Å². The molecule has 1 aliphatic carbocycles. The molecular weight excluding hydrogens is 232 g/mol. The number of pyridine rings is 1. The first-order valence-electron chi connectivity index (χ1n) is 7.75. The third-order valence-corrected chi connectivity index (χ3v) is 4.80. The first kappa shape index (κ1) is 14.5. The van der Waals surface area contributed by atoms with Gasteiger partial charge in [0.1, 0.15) is 0 Å². The van der Waals surface area contributed by atoms with Crippen molar-refractivity contribution in [3.63, 3.8) is 0 Å². The van der Waals surface area contributed by atoms with E-state index in [1.165, 1.54) is 44.1 Å². The Balaban J connectivity index is 2.17. The molecule has 1 N–H and O–H groups in total. The smallest absolute Gasteiger partial charge is 0.0270 e. The Labute approximate surface area is 118 Å². The van der Waals surface area contributed by atoms with Gasteiger partial charge in [0.05, 0.1) is 0 Å². The van der Waals surface area contributed by atoms with Gasteiger partial charge >= 0.3 is 0 Å². The molecule has 0 aliphatic heterocycles. The molecule has 0 bridgehead atoms. The van der Waals surface area contributed by atoms with Crippen LogP contribution >= 0.6 is 0 Å². The molecule has 2 rings (SSSR count). The summed E-state index contributed by atoms with van der Waals surface area (Å²) in [6, 6.07) is 4.41. The summed E-state index contributed by atoms with van der Waals surface area (Å²) in [5, 5.41) is 3.41. The van der Waals surface area contributed by atoms with Crippen molar-refractivity contribution < 1.29 is 0 Å². The molecular formula is C17H28N2. The van der Waals surface area contributed by atoms with Crippen molar-refractivity contribution in [1.82, 2.24) is 10.3 Å². The highest BCUT2D eigenvalue weighted by Crippen LogP contribution is 2.59. The summed E-state index contributed by atoms with van der Waals surface area (Å²) < 4.78 is 0. The predicted molar refractivity (Wildman–Crippen MR) is 81.3 cm³/mol. The van der Waals surface area contributed by atoms with Gasteiger partial charge in [0.2, 0.25) is 0 Å². The molecule has 2 nitrogen and oxygen atoms in total. The first-order chi connectivity index (χ1) is 9.20. The van der Waals surface area contributed by atoms with E-state index in [0.717, 1.165) is 6.54 Å². The van der Waals surface area contributed by atoms with Crippen LogP contribution in [0.3, 0.4) is 0 Å². The van der Waals surface area contributed by atoms with Crippen LogP contribution in [0.5, 0.6) is 0 Å². The van der Waals surface area contributed by atoms with Gasteiger partial charge in [0.25, 0.3) is 0 Å². The zero-order chi connectivity index (χ0) is 13.8. The van der Waals surface area contributed by atoms with Crippen LogP contribution in [0, 0.1) is 5.41 Å². The molecule has 0 saturated heterocycles. The molecule has 0 spiro atoms. The average molecular weight is 260 g/mol. The van der Waals surface area contributed by atoms with E-state index in [-0.39, 0.29) is 0 Å². The van der Waals surface area contributed by atoms with Crippen molar-refractivity contribution in [3.8, 4) is 0 Å². The summed E-state index contributed by atoms with van der Waals surface area (Å²) >= 11 is 0. The summed E-state index contributed by atoms with van der Waals surface area (Å²) in [4.78, 5) is 4.17. The SMILES string of the molecule is CCCC1(CCC)CC(CNC)(c2ccncc2)C1. The molecule has 1 aliphatic rings. The van der Waals surface area contributed by atoms with Crippen LogP contribution in [-0.4, -0.2) is 18.6 Å². The van der Waals surface area contributed by atoms with E-state index >= 15 is 0 Å². The predicted octanol–water partition coefficient (Wildman–Crippen LogP) is 3.92. The van der Waals surface area contributed by atoms with Crippen LogP contribution in [0.25, 0.3) is 0 Å². The molecule has 1 saturated carbocycles. The van der Waals surface area contributed by atoms with Gasteiger partial charge in [0, 0.05) is 24.4 Å². The van der Waals surface area contributed by atoms with Gasteiger partial charge in [-0.1, -0.05) is 26.7 Å². The Morgan fingerprint density at radius 3 is 2.16 bits per heavy atom. The van der Waals surface area contributed by atoms with Crippen molar-refractivity contribution in [3.05, 3.63) is 30.1 Å². The number of hydrogen-bond acceptors (Lipinski definition) is 2. The van der Waals surface area contributed by atoms with Crippen molar-refractivity contribution in [1.29, 1.82) is 0 Å². The lowest BCUT2D eigenvalue weighted by Gasteiger charge is -2.57. The number of hydrogen-bond donors (Lipinski definition) is 1. The zero-order valence-corrected chi connectivity index (χ0v) is 12.7. The molecule has 1 aromatic heterocycles. The fourth-order valence-corrected chi connectivity index (χ4v) is 4.40. The number of likely N-dealkylation sites (N-methyl/N-ethyl adjacent to an activating group) is 1. The third-order valence-electron chi connectivity index (χ3n) is 4.80. The normalized spacial score (nSPS) is 19.9. The van der Waals surface area contributed by atoms with E-state index in [0.29, 0.717) is 10.8 Å². The average Bonchev–Trinajstić information content (AvgIpc) is 2.38. The minimum atomic E-state index is 0.349. The zero-order valence-electron chi connectivity index (χ0n) is 12.7. The van der Waals surface area contributed by atoms with Crippen LogP contribution in [0.1, 0.15) is 57.9 Å². The Bertz CT molecular complexity index is 372. The Morgan fingerprint density at radius 2 is 1.68 bits per heavy atom. The van der Waals surface area contributed by atoms with Gasteiger partial charge in [-0.2, -0.15) is 0 Å². The molecule has 0 unspecified atom stereocenters. The van der Waals surface area contributed by atoms with E-state index in [4.69, 9.17) is 0 Å². The molecule has 106 valence electrons. The van der Waals surface area contributed by atoms with Crippen LogP contribution in [0.15, 0.2) is 24.5 Å². The van der Waals surface area contributed by atoms with Crippen molar-refractivity contribution >= 4 is 0 Å². The molecule has 1 heterocycles. The Kier molecular flexibility index (Phi) is 4.62. The second-order valence-electron chi connectivity index (χ2n) is 6.40. The van der Waals surface area contributed by atoms with Gasteiger partial charge in [0.15, 0.2) is 0 Å². The van der Waals surface area contributed by atoms with Gasteiger partial charge in [-0.25, -0.2) is 0 Å². The van der Waals surface area contributed by atoms with Crippen LogP contribution in [0.2, 0.25) is 0 Å². The quantitative estimate of drug-likeness (QED) is 0.803. The fraction of sp³-hybridized carbons (Fsp3) is 0.706. The molecule has 0 atom stereocenters. The van der Waals surface area contributed by atoms with Gasteiger partial charge < -0.3 is 5.32 Å². The second-order valence-corrected chi connectivity index (χ2v) is 6.40. The number of rotatable bonds is 7. The lowest BCUT2D eigenvalue weighted by molar-refractivity contribution is 0.00384. The van der Waals surface area contributed by atoms with E-state index in [2.05, 4.69) is 43.3 Å². The maximum Gasteiger partial charge on any atom is 0.0270 e. The monoisotopic (exact) mass is 260 g/mol. The van der Waals surface area contributed by atoms with Gasteiger partial charge in [-0.05, 0) is 55.8 Å². The number of nitrogens with one attached hydrogen (secondary N) is 1. The highest BCUT2D eigenvalue weighted by atomic mass is 14.8. The molecule has 0 amide bonds. The lowest BCUT2D eigenvalue weighted by Crippen LogP contribution is -2.54. The molecule has 2 heteroatoms. The maximum absolute atomic E-state index is 4.17. The van der Waals surface area contributed by atoms with E-state index in [1.54, 1.807) is 0 Å². The summed E-state index contributed by atoms with van der Waals surface area (Å²) in [7, 11) is 2.07. The summed E-state index contributed by atoms with van der Waals surface area (Å²) in [6.45, 7) is 5.73. The first-order valence-corrected chi connectivity index (χ1v) is 7.75. The summed E-state index contributed by atoms with van der Waals surface area (Å²) in [6.07, 6.45) is 11.9. The van der Waals surface area contributed by atoms with Gasteiger partial charge in [-0.3, -0.25) is 4.98 Å².